The number of anilines is 2. The van der Waals surface area contributed by atoms with Crippen molar-refractivity contribution in [2.24, 2.45) is 0 Å². The SMILES string of the molecule is Nc1ccc2c(c1)[I-]c1cc(N)ccc1-2. The van der Waals surface area contributed by atoms with E-state index >= 15 is 0 Å². The molecule has 76 valence electrons. The van der Waals surface area contributed by atoms with Crippen LogP contribution in [0.1, 0.15) is 0 Å². The quantitative estimate of drug-likeness (QED) is 0.412. The van der Waals surface area contributed by atoms with Crippen molar-refractivity contribution in [1.82, 2.24) is 0 Å². The van der Waals surface area contributed by atoms with Crippen molar-refractivity contribution in [3.05, 3.63) is 43.5 Å². The predicted molar refractivity (Wildman–Crippen MR) is 58.1 cm³/mol. The van der Waals surface area contributed by atoms with Crippen LogP contribution in [0.3, 0.4) is 0 Å². The molecule has 0 amide bonds. The Bertz CT molecular complexity index is 500. The summed E-state index contributed by atoms with van der Waals surface area (Å²) < 4.78 is 2.82. The van der Waals surface area contributed by atoms with Crippen LogP contribution in [0.25, 0.3) is 11.1 Å². The van der Waals surface area contributed by atoms with Crippen molar-refractivity contribution in [1.29, 1.82) is 0 Å². The summed E-state index contributed by atoms with van der Waals surface area (Å²) >= 11 is -0.0908. The third-order valence-electron chi connectivity index (χ3n) is 2.48. The zero-order chi connectivity index (χ0) is 10.4. The molecule has 2 aromatic carbocycles. The molecule has 0 unspecified atom stereocenters. The van der Waals surface area contributed by atoms with Gasteiger partial charge in [-0.15, -0.1) is 0 Å². The van der Waals surface area contributed by atoms with E-state index in [0.717, 1.165) is 11.4 Å². The van der Waals surface area contributed by atoms with Crippen molar-refractivity contribution in [3.8, 4) is 11.1 Å². The van der Waals surface area contributed by atoms with Gasteiger partial charge in [0.2, 0.25) is 0 Å². The average Bonchev–Trinajstić information content (AvgIpc) is 2.53. The number of rotatable bonds is 0. The molecule has 2 aromatic rings. The summed E-state index contributed by atoms with van der Waals surface area (Å²) in [5.74, 6) is 0. The summed E-state index contributed by atoms with van der Waals surface area (Å²) in [5.41, 5.74) is 16.0. The van der Waals surface area contributed by atoms with Crippen molar-refractivity contribution < 1.29 is 21.2 Å². The van der Waals surface area contributed by atoms with Crippen LogP contribution in [0.4, 0.5) is 11.4 Å². The van der Waals surface area contributed by atoms with E-state index in [0.29, 0.717) is 0 Å². The second kappa shape index (κ2) is 3.13. The van der Waals surface area contributed by atoms with Crippen LogP contribution in [-0.2, 0) is 0 Å². The van der Waals surface area contributed by atoms with Crippen molar-refractivity contribution >= 4 is 11.4 Å². The maximum atomic E-state index is 5.79. The Morgan fingerprint density at radius 1 is 0.733 bits per heavy atom. The molecule has 3 rings (SSSR count). The van der Waals surface area contributed by atoms with Crippen molar-refractivity contribution in [3.63, 3.8) is 0 Å². The Morgan fingerprint density at radius 3 is 1.67 bits per heavy atom. The van der Waals surface area contributed by atoms with Crippen LogP contribution in [0.5, 0.6) is 0 Å². The molecule has 0 bridgehead atoms. The molecule has 0 saturated heterocycles. The van der Waals surface area contributed by atoms with E-state index < -0.39 is 0 Å². The van der Waals surface area contributed by atoms with E-state index in [1.54, 1.807) is 0 Å². The fourth-order valence-corrected chi connectivity index (χ4v) is 4.94. The Morgan fingerprint density at radius 2 is 1.20 bits per heavy atom. The Kier molecular flexibility index (Phi) is 1.88. The molecule has 0 aromatic heterocycles. The summed E-state index contributed by atoms with van der Waals surface area (Å²) in [7, 11) is 0. The monoisotopic (exact) mass is 309 g/mol. The molecular weight excluding hydrogens is 299 g/mol. The molecule has 0 atom stereocenters. The summed E-state index contributed by atoms with van der Waals surface area (Å²) in [6.07, 6.45) is 0. The molecule has 1 aliphatic rings. The summed E-state index contributed by atoms with van der Waals surface area (Å²) in [6.45, 7) is 0. The van der Waals surface area contributed by atoms with E-state index in [9.17, 15) is 0 Å². The molecular formula is C12H10IN2-. The number of hydrogen-bond donors (Lipinski definition) is 2. The fraction of sp³-hybridized carbons (Fsp3) is 0. The van der Waals surface area contributed by atoms with Crippen molar-refractivity contribution in [2.75, 3.05) is 11.5 Å². The van der Waals surface area contributed by atoms with Gasteiger partial charge in [0.15, 0.2) is 0 Å². The van der Waals surface area contributed by atoms with Gasteiger partial charge in [-0.25, -0.2) is 0 Å². The van der Waals surface area contributed by atoms with Gasteiger partial charge in [0.1, 0.15) is 0 Å². The maximum absolute atomic E-state index is 5.79. The molecule has 4 N–H and O–H groups in total. The summed E-state index contributed by atoms with van der Waals surface area (Å²) in [4.78, 5) is 0. The molecule has 3 heteroatoms. The number of nitrogen functional groups attached to an aromatic ring is 2. The first-order chi connectivity index (χ1) is 7.24. The molecule has 0 radical (unpaired) electrons. The first-order valence-electron chi connectivity index (χ1n) is 4.68. The Hall–Kier alpha value is -1.23. The molecule has 0 fully saturated rings. The number of nitrogens with two attached hydrogens (primary N) is 2. The standard InChI is InChI=1S/C12H10IN2/c14-7-1-3-9-10-4-2-8(15)6-12(10)13-11(9)5-7/h1-6H,14-15H2/q-1. The predicted octanol–water partition coefficient (Wildman–Crippen LogP) is -1.04. The Labute approximate surface area is 98.5 Å². The normalized spacial score (nSPS) is 12.8. The van der Waals surface area contributed by atoms with Crippen LogP contribution in [-0.4, -0.2) is 0 Å². The number of benzene rings is 2. The Balaban J connectivity index is 2.24. The second-order valence-electron chi connectivity index (χ2n) is 3.57. The summed E-state index contributed by atoms with van der Waals surface area (Å²) in [5, 5.41) is 0. The molecule has 0 aliphatic carbocycles. The van der Waals surface area contributed by atoms with Crippen LogP contribution < -0.4 is 32.7 Å². The molecule has 15 heavy (non-hydrogen) atoms. The third kappa shape index (κ3) is 1.38. The molecule has 0 spiro atoms. The van der Waals surface area contributed by atoms with Gasteiger partial charge < -0.3 is 0 Å². The van der Waals surface area contributed by atoms with E-state index in [4.69, 9.17) is 11.5 Å². The molecule has 2 nitrogen and oxygen atoms in total. The van der Waals surface area contributed by atoms with Gasteiger partial charge >= 0.3 is 98.7 Å². The van der Waals surface area contributed by atoms with Gasteiger partial charge in [-0.1, -0.05) is 0 Å². The van der Waals surface area contributed by atoms with Gasteiger partial charge in [-0.3, -0.25) is 0 Å². The zero-order valence-electron chi connectivity index (χ0n) is 8.00. The van der Waals surface area contributed by atoms with E-state index in [1.807, 2.05) is 12.1 Å². The minimum atomic E-state index is -0.0908. The van der Waals surface area contributed by atoms with Gasteiger partial charge in [0.05, 0.1) is 0 Å². The fourth-order valence-electron chi connectivity index (χ4n) is 1.77. The van der Waals surface area contributed by atoms with E-state index in [1.165, 1.54) is 18.3 Å². The third-order valence-corrected chi connectivity index (χ3v) is 5.43. The average molecular weight is 309 g/mol. The topological polar surface area (TPSA) is 52.0 Å². The number of halogens is 1. The molecule has 0 saturated carbocycles. The first-order valence-corrected chi connectivity index (χ1v) is 6.84. The van der Waals surface area contributed by atoms with Gasteiger partial charge in [0.25, 0.3) is 0 Å². The second-order valence-corrected chi connectivity index (χ2v) is 6.44. The first kappa shape index (κ1) is 9.03. The van der Waals surface area contributed by atoms with Gasteiger partial charge in [0, 0.05) is 0 Å². The van der Waals surface area contributed by atoms with Crippen LogP contribution >= 0.6 is 0 Å². The molecule has 1 heterocycles. The number of hydrogen-bond acceptors (Lipinski definition) is 2. The van der Waals surface area contributed by atoms with Crippen LogP contribution in [0.2, 0.25) is 0 Å². The number of fused-ring (bicyclic) bond motifs is 3. The summed E-state index contributed by atoms with van der Waals surface area (Å²) in [6, 6.07) is 12.4. The van der Waals surface area contributed by atoms with Gasteiger partial charge in [-0.2, -0.15) is 0 Å². The zero-order valence-corrected chi connectivity index (χ0v) is 10.2. The van der Waals surface area contributed by atoms with Crippen molar-refractivity contribution in [2.45, 2.75) is 0 Å². The minimum absolute atomic E-state index is 0.0908. The van der Waals surface area contributed by atoms with Gasteiger partial charge in [-0.05, 0) is 0 Å². The van der Waals surface area contributed by atoms with E-state index in [2.05, 4.69) is 24.3 Å². The van der Waals surface area contributed by atoms with E-state index in [-0.39, 0.29) is 21.2 Å². The van der Waals surface area contributed by atoms with Crippen LogP contribution in [0, 0.1) is 7.14 Å². The molecule has 1 aliphatic heterocycles. The van der Waals surface area contributed by atoms with Crippen LogP contribution in [0.15, 0.2) is 36.4 Å².